The lowest BCUT2D eigenvalue weighted by Gasteiger charge is -2.16. The molecule has 2 aromatic rings. The molecule has 134 valence electrons. The standard InChI is InChI=1S/C20H27N3O2/c1-4-5-13-23(2)20(24)19-15-17(10-12-22-19)21-11-9-16-7-6-8-18(14-16)25-3/h6-8,10,12,14-15H,4-5,9,11,13H2,1-3H3,(H,21,22). The van der Waals surface area contributed by atoms with E-state index in [1.54, 1.807) is 18.2 Å². The first-order chi connectivity index (χ1) is 12.1. The number of benzene rings is 1. The number of carbonyl (C=O) groups excluding carboxylic acids is 1. The summed E-state index contributed by atoms with van der Waals surface area (Å²) in [6.45, 7) is 3.64. The Balaban J connectivity index is 1.91. The van der Waals surface area contributed by atoms with E-state index in [-0.39, 0.29) is 5.91 Å². The summed E-state index contributed by atoms with van der Waals surface area (Å²) < 4.78 is 5.24. The van der Waals surface area contributed by atoms with Gasteiger partial charge in [-0.05, 0) is 42.7 Å². The van der Waals surface area contributed by atoms with Crippen molar-refractivity contribution < 1.29 is 9.53 Å². The van der Waals surface area contributed by atoms with E-state index >= 15 is 0 Å². The van der Waals surface area contributed by atoms with Crippen LogP contribution in [0, 0.1) is 0 Å². The number of nitrogens with zero attached hydrogens (tertiary/aromatic N) is 2. The van der Waals surface area contributed by atoms with Gasteiger partial charge in [-0.25, -0.2) is 0 Å². The van der Waals surface area contributed by atoms with Crippen LogP contribution in [0.4, 0.5) is 5.69 Å². The summed E-state index contributed by atoms with van der Waals surface area (Å²) in [5, 5.41) is 3.36. The van der Waals surface area contributed by atoms with Crippen LogP contribution < -0.4 is 10.1 Å². The van der Waals surface area contributed by atoms with Gasteiger partial charge in [-0.15, -0.1) is 0 Å². The van der Waals surface area contributed by atoms with Gasteiger partial charge in [-0.2, -0.15) is 0 Å². The predicted octanol–water partition coefficient (Wildman–Crippen LogP) is 3.62. The fourth-order valence-corrected chi connectivity index (χ4v) is 2.53. The molecule has 1 heterocycles. The lowest BCUT2D eigenvalue weighted by Crippen LogP contribution is -2.28. The number of carbonyl (C=O) groups is 1. The van der Waals surface area contributed by atoms with Crippen LogP contribution in [-0.4, -0.2) is 43.0 Å². The third kappa shape index (κ3) is 5.78. The Bertz CT molecular complexity index is 688. The van der Waals surface area contributed by atoms with Crippen molar-refractivity contribution in [2.24, 2.45) is 0 Å². The second-order valence-electron chi connectivity index (χ2n) is 6.04. The van der Waals surface area contributed by atoms with Gasteiger partial charge < -0.3 is 15.0 Å². The monoisotopic (exact) mass is 341 g/mol. The highest BCUT2D eigenvalue weighted by Gasteiger charge is 2.12. The molecule has 1 aromatic carbocycles. The second-order valence-corrected chi connectivity index (χ2v) is 6.04. The maximum absolute atomic E-state index is 12.4. The molecule has 0 saturated heterocycles. The van der Waals surface area contributed by atoms with Crippen molar-refractivity contribution in [1.29, 1.82) is 0 Å². The molecule has 0 aliphatic rings. The molecule has 0 unspecified atom stereocenters. The summed E-state index contributed by atoms with van der Waals surface area (Å²) in [5.74, 6) is 0.828. The molecule has 0 bridgehead atoms. The first kappa shape index (κ1) is 18.8. The van der Waals surface area contributed by atoms with Crippen molar-refractivity contribution in [2.75, 3.05) is 32.6 Å². The molecule has 0 atom stereocenters. The van der Waals surface area contributed by atoms with Crippen LogP contribution in [0.25, 0.3) is 0 Å². The molecule has 0 radical (unpaired) electrons. The number of methoxy groups -OCH3 is 1. The quantitative estimate of drug-likeness (QED) is 0.757. The molecule has 1 amide bonds. The Morgan fingerprint density at radius 1 is 1.28 bits per heavy atom. The van der Waals surface area contributed by atoms with E-state index in [4.69, 9.17) is 4.74 Å². The fourth-order valence-electron chi connectivity index (χ4n) is 2.53. The van der Waals surface area contributed by atoms with Crippen molar-refractivity contribution in [3.05, 3.63) is 53.9 Å². The smallest absolute Gasteiger partial charge is 0.272 e. The van der Waals surface area contributed by atoms with Gasteiger partial charge in [-0.1, -0.05) is 25.5 Å². The molecular formula is C20H27N3O2. The third-order valence-corrected chi connectivity index (χ3v) is 4.05. The Morgan fingerprint density at radius 3 is 2.88 bits per heavy atom. The van der Waals surface area contributed by atoms with Crippen LogP contribution in [0.2, 0.25) is 0 Å². The predicted molar refractivity (Wildman–Crippen MR) is 101 cm³/mol. The van der Waals surface area contributed by atoms with Crippen molar-refractivity contribution in [3.8, 4) is 5.75 Å². The topological polar surface area (TPSA) is 54.5 Å². The number of hydrogen-bond donors (Lipinski definition) is 1. The average molecular weight is 341 g/mol. The SMILES string of the molecule is CCCCN(C)C(=O)c1cc(NCCc2cccc(OC)c2)ccn1. The molecule has 0 saturated carbocycles. The van der Waals surface area contributed by atoms with Crippen molar-refractivity contribution in [3.63, 3.8) is 0 Å². The van der Waals surface area contributed by atoms with Crippen LogP contribution in [0.3, 0.4) is 0 Å². The van der Waals surface area contributed by atoms with Gasteiger partial charge in [0.2, 0.25) is 0 Å². The summed E-state index contributed by atoms with van der Waals surface area (Å²) >= 11 is 0. The highest BCUT2D eigenvalue weighted by atomic mass is 16.5. The number of hydrogen-bond acceptors (Lipinski definition) is 4. The number of anilines is 1. The number of pyridine rings is 1. The van der Waals surface area contributed by atoms with Gasteiger partial charge in [0, 0.05) is 32.0 Å². The van der Waals surface area contributed by atoms with Crippen LogP contribution in [0.5, 0.6) is 5.75 Å². The van der Waals surface area contributed by atoms with E-state index in [2.05, 4.69) is 23.3 Å². The Hall–Kier alpha value is -2.56. The summed E-state index contributed by atoms with van der Waals surface area (Å²) in [6, 6.07) is 11.7. The van der Waals surface area contributed by atoms with Gasteiger partial charge in [-0.3, -0.25) is 9.78 Å². The van der Waals surface area contributed by atoms with E-state index in [0.717, 1.165) is 43.8 Å². The Labute approximate surface area is 150 Å². The van der Waals surface area contributed by atoms with Crippen molar-refractivity contribution in [1.82, 2.24) is 9.88 Å². The molecule has 0 aliphatic heterocycles. The van der Waals surface area contributed by atoms with Crippen LogP contribution in [-0.2, 0) is 6.42 Å². The zero-order valence-electron chi connectivity index (χ0n) is 15.3. The maximum atomic E-state index is 12.4. The number of ether oxygens (including phenoxy) is 1. The van der Waals surface area contributed by atoms with Gasteiger partial charge in [0.1, 0.15) is 11.4 Å². The first-order valence-corrected chi connectivity index (χ1v) is 8.72. The first-order valence-electron chi connectivity index (χ1n) is 8.72. The summed E-state index contributed by atoms with van der Waals surface area (Å²) in [7, 11) is 3.49. The largest absolute Gasteiger partial charge is 0.497 e. The summed E-state index contributed by atoms with van der Waals surface area (Å²) in [4.78, 5) is 18.3. The summed E-state index contributed by atoms with van der Waals surface area (Å²) in [5.41, 5.74) is 2.59. The highest BCUT2D eigenvalue weighted by molar-refractivity contribution is 5.92. The molecule has 1 aromatic heterocycles. The maximum Gasteiger partial charge on any atom is 0.272 e. The number of amides is 1. The van der Waals surface area contributed by atoms with Crippen molar-refractivity contribution in [2.45, 2.75) is 26.2 Å². The van der Waals surface area contributed by atoms with E-state index in [1.165, 1.54) is 5.56 Å². The zero-order chi connectivity index (χ0) is 18.1. The van der Waals surface area contributed by atoms with E-state index < -0.39 is 0 Å². The Morgan fingerprint density at radius 2 is 2.12 bits per heavy atom. The van der Waals surface area contributed by atoms with E-state index in [1.807, 2.05) is 37.4 Å². The molecule has 5 nitrogen and oxygen atoms in total. The average Bonchev–Trinajstić information content (AvgIpc) is 2.66. The third-order valence-electron chi connectivity index (χ3n) is 4.05. The normalized spacial score (nSPS) is 10.4. The molecule has 25 heavy (non-hydrogen) atoms. The molecule has 0 spiro atoms. The number of rotatable bonds is 9. The Kier molecular flexibility index (Phi) is 7.26. The lowest BCUT2D eigenvalue weighted by atomic mass is 10.1. The van der Waals surface area contributed by atoms with Crippen LogP contribution >= 0.6 is 0 Å². The molecule has 5 heteroatoms. The second kappa shape index (κ2) is 9.67. The van der Waals surface area contributed by atoms with E-state index in [0.29, 0.717) is 5.69 Å². The molecule has 2 rings (SSSR count). The van der Waals surface area contributed by atoms with Crippen LogP contribution in [0.1, 0.15) is 35.8 Å². The van der Waals surface area contributed by atoms with Gasteiger partial charge in [0.05, 0.1) is 7.11 Å². The van der Waals surface area contributed by atoms with Gasteiger partial charge in [0.15, 0.2) is 0 Å². The summed E-state index contributed by atoms with van der Waals surface area (Å²) in [6.07, 6.45) is 4.62. The molecular weight excluding hydrogens is 314 g/mol. The molecule has 1 N–H and O–H groups in total. The van der Waals surface area contributed by atoms with Crippen LogP contribution in [0.15, 0.2) is 42.6 Å². The fraction of sp³-hybridized carbons (Fsp3) is 0.400. The highest BCUT2D eigenvalue weighted by Crippen LogP contribution is 2.14. The number of unbranched alkanes of at least 4 members (excludes halogenated alkanes) is 1. The van der Waals surface area contributed by atoms with E-state index in [9.17, 15) is 4.79 Å². The zero-order valence-corrected chi connectivity index (χ0v) is 15.3. The van der Waals surface area contributed by atoms with Crippen molar-refractivity contribution >= 4 is 11.6 Å². The minimum absolute atomic E-state index is 0.0371. The molecule has 0 fully saturated rings. The number of nitrogens with one attached hydrogen (secondary N) is 1. The van der Waals surface area contributed by atoms with Gasteiger partial charge >= 0.3 is 0 Å². The number of aromatic nitrogens is 1. The minimum atomic E-state index is -0.0371. The minimum Gasteiger partial charge on any atom is -0.497 e. The lowest BCUT2D eigenvalue weighted by molar-refractivity contribution is 0.0787. The van der Waals surface area contributed by atoms with Gasteiger partial charge in [0.25, 0.3) is 5.91 Å². The molecule has 0 aliphatic carbocycles.